The van der Waals surface area contributed by atoms with Crippen molar-refractivity contribution in [3.05, 3.63) is 0 Å². The molecule has 1 rings (SSSR count). The lowest BCUT2D eigenvalue weighted by atomic mass is 10.4. The fourth-order valence-corrected chi connectivity index (χ4v) is 1.19. The highest BCUT2D eigenvalue weighted by molar-refractivity contribution is 7.80. The molecule has 0 aliphatic carbocycles. The van der Waals surface area contributed by atoms with Crippen LogP contribution in [0.25, 0.3) is 0 Å². The molecule has 1 heterocycles. The van der Waals surface area contributed by atoms with Crippen LogP contribution in [-0.4, -0.2) is 28.2 Å². The Balaban J connectivity index is 2.45. The van der Waals surface area contributed by atoms with Crippen molar-refractivity contribution in [1.82, 2.24) is 4.90 Å². The standard InChI is InChI=1S/C7H10N2O2S/c8-5(12)3-4-9-6(10)1-2-7(9)11/h1-4H2,(H2,8,12). The van der Waals surface area contributed by atoms with E-state index in [1.165, 1.54) is 4.90 Å². The van der Waals surface area contributed by atoms with Gasteiger partial charge in [-0.2, -0.15) is 0 Å². The quantitative estimate of drug-likeness (QED) is 0.490. The summed E-state index contributed by atoms with van der Waals surface area (Å²) in [5.74, 6) is -0.229. The zero-order valence-corrected chi connectivity index (χ0v) is 7.39. The summed E-state index contributed by atoms with van der Waals surface area (Å²) < 4.78 is 0. The molecule has 2 amide bonds. The molecular weight excluding hydrogens is 176 g/mol. The lowest BCUT2D eigenvalue weighted by Gasteiger charge is -2.12. The Morgan fingerprint density at radius 3 is 2.33 bits per heavy atom. The first-order valence-corrected chi connectivity index (χ1v) is 4.13. The van der Waals surface area contributed by atoms with Crippen LogP contribution in [0, 0.1) is 0 Å². The molecule has 0 aromatic heterocycles. The largest absolute Gasteiger partial charge is 0.393 e. The molecule has 0 bridgehead atoms. The third-order valence-corrected chi connectivity index (χ3v) is 1.94. The van der Waals surface area contributed by atoms with E-state index in [1.807, 2.05) is 0 Å². The Morgan fingerprint density at radius 2 is 1.92 bits per heavy atom. The van der Waals surface area contributed by atoms with E-state index in [1.54, 1.807) is 0 Å². The summed E-state index contributed by atoms with van der Waals surface area (Å²) in [6, 6.07) is 0. The Morgan fingerprint density at radius 1 is 1.42 bits per heavy atom. The molecule has 0 unspecified atom stereocenters. The number of nitrogens with two attached hydrogens (primary N) is 1. The van der Waals surface area contributed by atoms with Crippen LogP contribution in [0.1, 0.15) is 19.3 Å². The highest BCUT2D eigenvalue weighted by Crippen LogP contribution is 2.11. The molecule has 12 heavy (non-hydrogen) atoms. The first kappa shape index (κ1) is 9.12. The third-order valence-electron chi connectivity index (χ3n) is 1.74. The predicted molar refractivity (Wildman–Crippen MR) is 47.4 cm³/mol. The number of rotatable bonds is 3. The maximum Gasteiger partial charge on any atom is 0.229 e. The second kappa shape index (κ2) is 3.62. The van der Waals surface area contributed by atoms with E-state index in [2.05, 4.69) is 12.2 Å². The summed E-state index contributed by atoms with van der Waals surface area (Å²) in [6.45, 7) is 0.340. The molecule has 0 spiro atoms. The summed E-state index contributed by atoms with van der Waals surface area (Å²) in [5.41, 5.74) is 5.24. The topological polar surface area (TPSA) is 63.4 Å². The molecule has 2 N–H and O–H groups in total. The summed E-state index contributed by atoms with van der Waals surface area (Å²) in [6.07, 6.45) is 1.08. The number of imide groups is 1. The fraction of sp³-hybridized carbons (Fsp3) is 0.571. The summed E-state index contributed by atoms with van der Waals surface area (Å²) in [7, 11) is 0. The molecule has 1 aliphatic heterocycles. The van der Waals surface area contributed by atoms with Gasteiger partial charge < -0.3 is 5.73 Å². The lowest BCUT2D eigenvalue weighted by molar-refractivity contribution is -0.138. The van der Waals surface area contributed by atoms with E-state index in [9.17, 15) is 9.59 Å². The van der Waals surface area contributed by atoms with Crippen molar-refractivity contribution in [3.8, 4) is 0 Å². The van der Waals surface area contributed by atoms with Crippen molar-refractivity contribution in [3.63, 3.8) is 0 Å². The summed E-state index contributed by atoms with van der Waals surface area (Å²) in [5, 5.41) is 0. The molecule has 0 aromatic carbocycles. The van der Waals surface area contributed by atoms with Gasteiger partial charge in [-0.3, -0.25) is 14.5 Å². The summed E-state index contributed by atoms with van der Waals surface area (Å²) in [4.78, 5) is 23.6. The number of carbonyl (C=O) groups is 2. The number of hydrogen-bond donors (Lipinski definition) is 1. The summed E-state index contributed by atoms with van der Waals surface area (Å²) >= 11 is 4.64. The molecule has 4 nitrogen and oxygen atoms in total. The van der Waals surface area contributed by atoms with Crippen LogP contribution in [0.4, 0.5) is 0 Å². The van der Waals surface area contributed by atoms with Crippen molar-refractivity contribution in [2.75, 3.05) is 6.54 Å². The molecule has 0 aromatic rings. The number of nitrogens with zero attached hydrogens (tertiary/aromatic N) is 1. The molecule has 0 atom stereocenters. The maximum absolute atomic E-state index is 11.0. The van der Waals surface area contributed by atoms with Crippen molar-refractivity contribution in [2.24, 2.45) is 5.73 Å². The highest BCUT2D eigenvalue weighted by Gasteiger charge is 2.27. The van der Waals surface area contributed by atoms with Crippen molar-refractivity contribution in [1.29, 1.82) is 0 Å². The third kappa shape index (κ3) is 2.01. The maximum atomic E-state index is 11.0. The van der Waals surface area contributed by atoms with Gasteiger partial charge in [0.15, 0.2) is 0 Å². The van der Waals surface area contributed by atoms with E-state index in [4.69, 9.17) is 5.73 Å². The SMILES string of the molecule is NC(=S)CCN1C(=O)CCC1=O. The number of likely N-dealkylation sites (tertiary alicyclic amines) is 1. The van der Waals surface area contributed by atoms with Crippen molar-refractivity contribution >= 4 is 29.0 Å². The Labute approximate surface area is 75.7 Å². The van der Waals surface area contributed by atoms with Gasteiger partial charge in [-0.05, 0) is 0 Å². The molecule has 1 saturated heterocycles. The molecule has 5 heteroatoms. The van der Waals surface area contributed by atoms with Crippen LogP contribution in [-0.2, 0) is 9.59 Å². The van der Waals surface area contributed by atoms with Gasteiger partial charge >= 0.3 is 0 Å². The second-order valence-corrected chi connectivity index (χ2v) is 3.18. The fourth-order valence-electron chi connectivity index (χ4n) is 1.09. The zero-order valence-electron chi connectivity index (χ0n) is 6.58. The van der Waals surface area contributed by atoms with Crippen LogP contribution in [0.2, 0.25) is 0 Å². The smallest absolute Gasteiger partial charge is 0.229 e. The number of carbonyl (C=O) groups excluding carboxylic acids is 2. The van der Waals surface area contributed by atoms with Crippen molar-refractivity contribution < 1.29 is 9.59 Å². The first-order valence-electron chi connectivity index (χ1n) is 3.73. The van der Waals surface area contributed by atoms with E-state index < -0.39 is 0 Å². The van der Waals surface area contributed by atoms with E-state index in [0.717, 1.165) is 0 Å². The van der Waals surface area contributed by atoms with Crippen LogP contribution in [0.5, 0.6) is 0 Å². The minimum Gasteiger partial charge on any atom is -0.393 e. The zero-order chi connectivity index (χ0) is 9.14. The molecule has 66 valence electrons. The highest BCUT2D eigenvalue weighted by atomic mass is 32.1. The Hall–Kier alpha value is -0.970. The van der Waals surface area contributed by atoms with Crippen molar-refractivity contribution in [2.45, 2.75) is 19.3 Å². The second-order valence-electron chi connectivity index (χ2n) is 2.66. The number of thiocarbonyl (C=S) groups is 1. The van der Waals surface area contributed by atoms with E-state index in [0.29, 0.717) is 30.8 Å². The number of hydrogen-bond acceptors (Lipinski definition) is 3. The van der Waals surface area contributed by atoms with Gasteiger partial charge in [-0.25, -0.2) is 0 Å². The van der Waals surface area contributed by atoms with Gasteiger partial charge in [-0.15, -0.1) is 0 Å². The van der Waals surface area contributed by atoms with Gasteiger partial charge in [0.1, 0.15) is 0 Å². The van der Waals surface area contributed by atoms with Gasteiger partial charge in [0.25, 0.3) is 0 Å². The Bertz CT molecular complexity index is 224. The van der Waals surface area contributed by atoms with Crippen LogP contribution >= 0.6 is 12.2 Å². The van der Waals surface area contributed by atoms with Crippen LogP contribution in [0.15, 0.2) is 0 Å². The molecule has 1 fully saturated rings. The predicted octanol–water partition coefficient (Wildman–Crippen LogP) is -0.188. The molecular formula is C7H10N2O2S. The molecule has 0 saturated carbocycles. The monoisotopic (exact) mass is 186 g/mol. The normalized spacial score (nSPS) is 17.2. The first-order chi connectivity index (χ1) is 5.61. The lowest BCUT2D eigenvalue weighted by Crippen LogP contribution is -2.32. The van der Waals surface area contributed by atoms with Gasteiger partial charge in [0, 0.05) is 25.8 Å². The Kier molecular flexibility index (Phi) is 2.75. The average Bonchev–Trinajstić information content (AvgIpc) is 2.28. The van der Waals surface area contributed by atoms with Crippen LogP contribution < -0.4 is 5.73 Å². The minimum atomic E-state index is -0.115. The van der Waals surface area contributed by atoms with Gasteiger partial charge in [0.05, 0.1) is 4.99 Å². The van der Waals surface area contributed by atoms with E-state index in [-0.39, 0.29) is 11.8 Å². The molecule has 0 radical (unpaired) electrons. The average molecular weight is 186 g/mol. The van der Waals surface area contributed by atoms with Gasteiger partial charge in [0.2, 0.25) is 11.8 Å². The number of amides is 2. The van der Waals surface area contributed by atoms with Crippen LogP contribution in [0.3, 0.4) is 0 Å². The molecule has 1 aliphatic rings. The van der Waals surface area contributed by atoms with Gasteiger partial charge in [-0.1, -0.05) is 12.2 Å². The van der Waals surface area contributed by atoms with E-state index >= 15 is 0 Å². The minimum absolute atomic E-state index is 0.115.